The largest absolute Gasteiger partial charge is 0.354 e. The summed E-state index contributed by atoms with van der Waals surface area (Å²) in [6.45, 7) is 4.32. The molecule has 7 heteroatoms. The van der Waals surface area contributed by atoms with Gasteiger partial charge in [0.25, 0.3) is 0 Å². The molecule has 2 aliphatic heterocycles. The summed E-state index contributed by atoms with van der Waals surface area (Å²) in [6, 6.07) is 0. The molecule has 118 valence electrons. The van der Waals surface area contributed by atoms with Crippen molar-refractivity contribution in [1.82, 2.24) is 10.6 Å². The van der Waals surface area contributed by atoms with Gasteiger partial charge in [0, 0.05) is 23.2 Å². The van der Waals surface area contributed by atoms with Crippen LogP contribution < -0.4 is 10.6 Å². The zero-order valence-electron chi connectivity index (χ0n) is 12.5. The molecule has 0 aromatic carbocycles. The van der Waals surface area contributed by atoms with Crippen molar-refractivity contribution in [1.29, 1.82) is 0 Å². The van der Waals surface area contributed by atoms with E-state index < -0.39 is 0 Å². The first-order chi connectivity index (χ1) is 10.4. The lowest BCUT2D eigenvalue weighted by Gasteiger charge is -2.37. The third-order valence-electron chi connectivity index (χ3n) is 4.16. The molecule has 0 saturated carbocycles. The van der Waals surface area contributed by atoms with Gasteiger partial charge in [0.15, 0.2) is 0 Å². The molecular formula is C15H18N2O4S. The second-order valence-corrected chi connectivity index (χ2v) is 7.09. The van der Waals surface area contributed by atoms with Crippen LogP contribution in [0.2, 0.25) is 0 Å². The number of thioether (sulfide) groups is 1. The van der Waals surface area contributed by atoms with E-state index in [4.69, 9.17) is 4.74 Å². The number of hydrogen-bond acceptors (Lipinski definition) is 5. The van der Waals surface area contributed by atoms with E-state index in [1.54, 1.807) is 6.08 Å². The van der Waals surface area contributed by atoms with Crippen LogP contribution in [-0.2, 0) is 19.1 Å². The maximum atomic E-state index is 12.2. The predicted molar refractivity (Wildman–Crippen MR) is 81.6 cm³/mol. The third kappa shape index (κ3) is 2.70. The fraction of sp³-hybridized carbons (Fsp3) is 0.533. The summed E-state index contributed by atoms with van der Waals surface area (Å²) >= 11 is 1.41. The second kappa shape index (κ2) is 5.55. The fourth-order valence-corrected chi connectivity index (χ4v) is 3.92. The van der Waals surface area contributed by atoms with Crippen LogP contribution >= 0.6 is 11.8 Å². The standard InChI is InChI=1S/C15H18N2O4S/c1-15(2)8(6-21-12-4-3-10(19)16-12)5-9(18)13-14(15)22-7-11(20)17-13/h5,12H,3-4,6-7H2,1-2H3,(H,16,19)(H,17,20)/t12-/m1/s1. The van der Waals surface area contributed by atoms with Crippen LogP contribution in [0.1, 0.15) is 26.7 Å². The minimum atomic E-state index is -0.371. The van der Waals surface area contributed by atoms with E-state index in [1.807, 2.05) is 13.8 Å². The summed E-state index contributed by atoms with van der Waals surface area (Å²) in [7, 11) is 0. The summed E-state index contributed by atoms with van der Waals surface area (Å²) < 4.78 is 5.73. The number of nitrogens with one attached hydrogen (secondary N) is 2. The maximum absolute atomic E-state index is 12.2. The quantitative estimate of drug-likeness (QED) is 0.805. The average Bonchev–Trinajstić information content (AvgIpc) is 2.87. The van der Waals surface area contributed by atoms with Gasteiger partial charge in [-0.15, -0.1) is 11.8 Å². The Morgan fingerprint density at radius 2 is 2.09 bits per heavy atom. The van der Waals surface area contributed by atoms with Gasteiger partial charge in [0.05, 0.1) is 18.1 Å². The van der Waals surface area contributed by atoms with Crippen LogP contribution in [0.4, 0.5) is 0 Å². The van der Waals surface area contributed by atoms with Crippen molar-refractivity contribution in [3.63, 3.8) is 0 Å². The first-order valence-corrected chi connectivity index (χ1v) is 8.20. The van der Waals surface area contributed by atoms with Gasteiger partial charge >= 0.3 is 0 Å². The molecule has 0 aromatic heterocycles. The Morgan fingerprint density at radius 3 is 2.77 bits per heavy atom. The summed E-state index contributed by atoms with van der Waals surface area (Å²) in [5.41, 5.74) is 0.884. The Kier molecular flexibility index (Phi) is 3.86. The smallest absolute Gasteiger partial charge is 0.234 e. The molecule has 2 N–H and O–H groups in total. The highest BCUT2D eigenvalue weighted by atomic mass is 32.2. The van der Waals surface area contributed by atoms with E-state index in [1.165, 1.54) is 11.8 Å². The minimum absolute atomic E-state index is 0.00602. The number of carbonyl (C=O) groups is 3. The van der Waals surface area contributed by atoms with Crippen molar-refractivity contribution in [3.05, 3.63) is 22.3 Å². The molecule has 0 aromatic rings. The number of amides is 2. The zero-order chi connectivity index (χ0) is 15.9. The first kappa shape index (κ1) is 15.3. The van der Waals surface area contributed by atoms with Crippen LogP contribution in [0.3, 0.4) is 0 Å². The highest BCUT2D eigenvalue weighted by molar-refractivity contribution is 8.03. The van der Waals surface area contributed by atoms with E-state index >= 15 is 0 Å². The van der Waals surface area contributed by atoms with Crippen LogP contribution in [0, 0.1) is 5.41 Å². The van der Waals surface area contributed by atoms with E-state index in [0.29, 0.717) is 24.3 Å². The SMILES string of the molecule is CC1(C)C(CO[C@@H]2CCC(=O)N2)=CC(=O)C2=C1SCC(=O)N2. The molecule has 6 nitrogen and oxygen atoms in total. The average molecular weight is 322 g/mol. The second-order valence-electron chi connectivity index (χ2n) is 6.11. The van der Waals surface area contributed by atoms with Gasteiger partial charge in [-0.25, -0.2) is 0 Å². The Hall–Kier alpha value is -1.60. The summed E-state index contributed by atoms with van der Waals surface area (Å²) in [6.07, 6.45) is 2.39. The lowest BCUT2D eigenvalue weighted by molar-refractivity contribution is -0.120. The van der Waals surface area contributed by atoms with Gasteiger partial charge in [-0.3, -0.25) is 14.4 Å². The molecule has 2 amide bonds. The third-order valence-corrected chi connectivity index (χ3v) is 5.57. The molecule has 1 saturated heterocycles. The van der Waals surface area contributed by atoms with Crippen molar-refractivity contribution >= 4 is 29.4 Å². The van der Waals surface area contributed by atoms with Crippen molar-refractivity contribution in [2.45, 2.75) is 32.9 Å². The fourth-order valence-electron chi connectivity index (χ4n) is 2.79. The van der Waals surface area contributed by atoms with E-state index in [9.17, 15) is 14.4 Å². The molecule has 0 spiro atoms. The Morgan fingerprint density at radius 1 is 1.32 bits per heavy atom. The highest BCUT2D eigenvalue weighted by Crippen LogP contribution is 2.46. The highest BCUT2D eigenvalue weighted by Gasteiger charge is 2.40. The molecule has 0 radical (unpaired) electrons. The molecule has 2 heterocycles. The van der Waals surface area contributed by atoms with Gasteiger partial charge in [-0.2, -0.15) is 0 Å². The molecule has 22 heavy (non-hydrogen) atoms. The Bertz CT molecular complexity index is 621. The van der Waals surface area contributed by atoms with E-state index in [-0.39, 0.29) is 35.8 Å². The van der Waals surface area contributed by atoms with E-state index in [2.05, 4.69) is 10.6 Å². The van der Waals surface area contributed by atoms with Crippen molar-refractivity contribution in [2.24, 2.45) is 5.41 Å². The van der Waals surface area contributed by atoms with Crippen LogP contribution in [0.15, 0.2) is 22.3 Å². The first-order valence-electron chi connectivity index (χ1n) is 7.21. The number of carbonyl (C=O) groups excluding carboxylic acids is 3. The van der Waals surface area contributed by atoms with Gasteiger partial charge in [0.1, 0.15) is 6.23 Å². The Labute approximate surface area is 132 Å². The zero-order valence-corrected chi connectivity index (χ0v) is 13.3. The van der Waals surface area contributed by atoms with Gasteiger partial charge in [-0.05, 0) is 11.6 Å². The normalized spacial score (nSPS) is 27.3. The summed E-state index contributed by atoms with van der Waals surface area (Å²) in [5.74, 6) is -0.0189. The number of hydrogen-bond donors (Lipinski definition) is 2. The van der Waals surface area contributed by atoms with Crippen LogP contribution in [-0.4, -0.2) is 36.2 Å². The number of ether oxygens (including phenoxy) is 1. The van der Waals surface area contributed by atoms with Gasteiger partial charge in [0.2, 0.25) is 17.6 Å². The molecular weight excluding hydrogens is 304 g/mol. The topological polar surface area (TPSA) is 84.5 Å². The number of allylic oxidation sites excluding steroid dienone is 2. The van der Waals surface area contributed by atoms with Crippen molar-refractivity contribution in [3.8, 4) is 0 Å². The van der Waals surface area contributed by atoms with E-state index in [0.717, 1.165) is 10.5 Å². The van der Waals surface area contributed by atoms with Crippen molar-refractivity contribution < 1.29 is 19.1 Å². The van der Waals surface area contributed by atoms with Crippen LogP contribution in [0.5, 0.6) is 0 Å². The van der Waals surface area contributed by atoms with Gasteiger partial charge in [-0.1, -0.05) is 13.8 Å². The number of rotatable bonds is 3. The molecule has 0 bridgehead atoms. The summed E-state index contributed by atoms with van der Waals surface area (Å²) in [4.78, 5) is 35.8. The lowest BCUT2D eigenvalue weighted by atomic mass is 9.78. The molecule has 1 fully saturated rings. The molecule has 3 aliphatic rings. The molecule has 1 aliphatic carbocycles. The molecule has 3 rings (SSSR count). The molecule has 1 atom stereocenters. The van der Waals surface area contributed by atoms with Crippen molar-refractivity contribution in [2.75, 3.05) is 12.4 Å². The predicted octanol–water partition coefficient (Wildman–Crippen LogP) is 0.849. The van der Waals surface area contributed by atoms with Gasteiger partial charge < -0.3 is 15.4 Å². The summed E-state index contributed by atoms with van der Waals surface area (Å²) in [5, 5.41) is 5.42. The monoisotopic (exact) mass is 322 g/mol. The van der Waals surface area contributed by atoms with Crippen LogP contribution in [0.25, 0.3) is 0 Å². The Balaban J connectivity index is 1.75. The number of ketones is 1. The minimum Gasteiger partial charge on any atom is -0.354 e. The lowest BCUT2D eigenvalue weighted by Crippen LogP contribution is -2.40. The molecule has 0 unspecified atom stereocenters. The maximum Gasteiger partial charge on any atom is 0.234 e.